The van der Waals surface area contributed by atoms with Gasteiger partial charge in [0.1, 0.15) is 5.69 Å². The maximum Gasteiger partial charge on any atom is 0.336 e. The lowest BCUT2D eigenvalue weighted by Gasteiger charge is -2.36. The van der Waals surface area contributed by atoms with E-state index in [1.165, 1.54) is 18.0 Å². The summed E-state index contributed by atoms with van der Waals surface area (Å²) in [6, 6.07) is 38.1. The molecule has 0 radical (unpaired) electrons. The summed E-state index contributed by atoms with van der Waals surface area (Å²) in [6.07, 6.45) is 0.880. The van der Waals surface area contributed by atoms with Crippen LogP contribution >= 0.6 is 11.8 Å². The molecule has 3 N–H and O–H groups in total. The van der Waals surface area contributed by atoms with Crippen LogP contribution in [0.25, 0.3) is 22.2 Å². The topological polar surface area (TPSA) is 131 Å². The van der Waals surface area contributed by atoms with Gasteiger partial charge in [-0.2, -0.15) is 0 Å². The number of aliphatic hydroxyl groups excluding tert-OH is 1. The third-order valence-corrected chi connectivity index (χ3v) is 9.92. The van der Waals surface area contributed by atoms with Gasteiger partial charge in [-0.15, -0.1) is 11.8 Å². The van der Waals surface area contributed by atoms with Crippen molar-refractivity contribution in [2.75, 3.05) is 5.75 Å². The van der Waals surface area contributed by atoms with E-state index in [2.05, 4.69) is 15.3 Å². The number of fused-ring (bicyclic) bond motifs is 1. The summed E-state index contributed by atoms with van der Waals surface area (Å²) in [5.74, 6) is -0.728. The Morgan fingerprint density at radius 1 is 0.784 bits per heavy atom. The molecule has 0 unspecified atom stereocenters. The van der Waals surface area contributed by atoms with Crippen LogP contribution in [0.1, 0.15) is 61.9 Å². The standard InChI is InChI=1S/C41H35N3O6S/c45-24-26-15-17-28(18-16-26)37-21-32(25-51-38-14-4-1-11-33(38)40(47)48)49-41(50-37)31-10-6-9-30(20-31)29-8-5-7-27(19-29)22-43-39(46)36-23-42-34-12-2-3-13-35(34)44-36/h1-20,23,32,37,41,45H,21-22,24-25H2,(H,43,46)(H,47,48)/t32-,37+,41+/m0/s1. The molecule has 3 atom stereocenters. The fourth-order valence-corrected chi connectivity index (χ4v) is 7.11. The van der Waals surface area contributed by atoms with E-state index in [1.54, 1.807) is 12.1 Å². The molecule has 7 rings (SSSR count). The maximum absolute atomic E-state index is 12.9. The molecule has 0 saturated carbocycles. The molecule has 1 fully saturated rings. The predicted molar refractivity (Wildman–Crippen MR) is 195 cm³/mol. The Morgan fingerprint density at radius 2 is 1.53 bits per heavy atom. The average Bonchev–Trinajstić information content (AvgIpc) is 3.19. The molecule has 1 aromatic heterocycles. The summed E-state index contributed by atoms with van der Waals surface area (Å²) >= 11 is 1.46. The van der Waals surface area contributed by atoms with Crippen molar-refractivity contribution in [1.82, 2.24) is 15.3 Å². The average molecular weight is 698 g/mol. The summed E-state index contributed by atoms with van der Waals surface area (Å²) in [5, 5.41) is 22.2. The smallest absolute Gasteiger partial charge is 0.336 e. The quantitative estimate of drug-likeness (QED) is 0.116. The van der Waals surface area contributed by atoms with Gasteiger partial charge in [0.05, 0.1) is 41.6 Å². The van der Waals surface area contributed by atoms with E-state index < -0.39 is 12.3 Å². The fraction of sp³-hybridized carbons (Fsp3) is 0.171. The number of para-hydroxylation sites is 2. The highest BCUT2D eigenvalue weighted by Gasteiger charge is 2.32. The Balaban J connectivity index is 1.08. The number of ether oxygens (including phenoxy) is 2. The number of thioether (sulfide) groups is 1. The minimum absolute atomic E-state index is 0.0424. The number of hydrogen-bond donors (Lipinski definition) is 3. The van der Waals surface area contributed by atoms with Crippen molar-refractivity contribution in [1.29, 1.82) is 0 Å². The number of aliphatic hydroxyl groups is 1. The minimum Gasteiger partial charge on any atom is -0.478 e. The molecule has 1 saturated heterocycles. The number of carbonyl (C=O) groups is 2. The molecule has 1 aliphatic rings. The first-order valence-corrected chi connectivity index (χ1v) is 17.6. The van der Waals surface area contributed by atoms with Gasteiger partial charge in [0.2, 0.25) is 0 Å². The van der Waals surface area contributed by atoms with Crippen LogP contribution in [0.4, 0.5) is 0 Å². The highest BCUT2D eigenvalue weighted by atomic mass is 32.2. The Kier molecular flexibility index (Phi) is 10.5. The van der Waals surface area contributed by atoms with Crippen LogP contribution in [-0.4, -0.2) is 43.9 Å². The first-order chi connectivity index (χ1) is 24.9. The lowest BCUT2D eigenvalue weighted by atomic mass is 9.99. The predicted octanol–water partition coefficient (Wildman–Crippen LogP) is 7.76. The number of carboxylic acid groups (broad SMARTS) is 1. The van der Waals surface area contributed by atoms with Gasteiger partial charge in [-0.1, -0.05) is 84.9 Å². The first kappa shape index (κ1) is 34.1. The van der Waals surface area contributed by atoms with E-state index in [0.29, 0.717) is 29.1 Å². The number of nitrogens with one attached hydrogen (secondary N) is 1. The van der Waals surface area contributed by atoms with Crippen LogP contribution in [-0.2, 0) is 22.6 Å². The summed E-state index contributed by atoms with van der Waals surface area (Å²) in [6.45, 7) is 0.274. The van der Waals surface area contributed by atoms with Crippen molar-refractivity contribution >= 4 is 34.7 Å². The highest BCUT2D eigenvalue weighted by molar-refractivity contribution is 7.99. The highest BCUT2D eigenvalue weighted by Crippen LogP contribution is 2.40. The Hall–Kier alpha value is -5.39. The normalized spacial score (nSPS) is 17.2. The fourth-order valence-electron chi connectivity index (χ4n) is 6.04. The number of aromatic nitrogens is 2. The van der Waals surface area contributed by atoms with Gasteiger partial charge >= 0.3 is 5.97 Å². The van der Waals surface area contributed by atoms with Crippen molar-refractivity contribution in [2.24, 2.45) is 0 Å². The molecule has 0 bridgehead atoms. The SMILES string of the molecule is O=C(NCc1cccc(-c2cccc([C@@H]3O[C@H](CSc4ccccc4C(=O)O)C[C@H](c4ccc(CO)cc4)O3)c2)c1)c1cnc2ccccc2n1. The van der Waals surface area contributed by atoms with Crippen molar-refractivity contribution in [2.45, 2.75) is 43.0 Å². The molecule has 9 nitrogen and oxygen atoms in total. The van der Waals surface area contributed by atoms with E-state index in [9.17, 15) is 19.8 Å². The monoisotopic (exact) mass is 697 g/mol. The summed E-state index contributed by atoms with van der Waals surface area (Å²) < 4.78 is 13.1. The summed E-state index contributed by atoms with van der Waals surface area (Å²) in [4.78, 5) is 34.2. The van der Waals surface area contributed by atoms with Crippen LogP contribution < -0.4 is 5.32 Å². The van der Waals surface area contributed by atoms with E-state index in [0.717, 1.165) is 38.9 Å². The second kappa shape index (κ2) is 15.7. The zero-order valence-corrected chi connectivity index (χ0v) is 28.3. The zero-order chi connectivity index (χ0) is 35.2. The van der Waals surface area contributed by atoms with Crippen molar-refractivity contribution < 1.29 is 29.3 Å². The number of hydrogen-bond acceptors (Lipinski definition) is 8. The molecule has 256 valence electrons. The van der Waals surface area contributed by atoms with Crippen molar-refractivity contribution in [3.05, 3.63) is 161 Å². The van der Waals surface area contributed by atoms with Crippen molar-refractivity contribution in [3.8, 4) is 11.1 Å². The van der Waals surface area contributed by atoms with Crippen LogP contribution in [0.3, 0.4) is 0 Å². The Labute approximate surface area is 299 Å². The number of carboxylic acids is 1. The molecular formula is C41H35N3O6S. The number of carbonyl (C=O) groups excluding carboxylic acids is 1. The van der Waals surface area contributed by atoms with Crippen LogP contribution in [0, 0.1) is 0 Å². The van der Waals surface area contributed by atoms with Gasteiger partial charge in [0.15, 0.2) is 6.29 Å². The number of nitrogens with zero attached hydrogens (tertiary/aromatic N) is 2. The van der Waals surface area contributed by atoms with Gasteiger partial charge in [-0.05, 0) is 64.2 Å². The van der Waals surface area contributed by atoms with Crippen LogP contribution in [0.2, 0.25) is 0 Å². The minimum atomic E-state index is -0.965. The van der Waals surface area contributed by atoms with E-state index in [-0.39, 0.29) is 36.0 Å². The largest absolute Gasteiger partial charge is 0.478 e. The number of amides is 1. The second-order valence-corrected chi connectivity index (χ2v) is 13.3. The molecule has 0 spiro atoms. The summed E-state index contributed by atoms with van der Waals surface area (Å²) in [7, 11) is 0. The van der Waals surface area contributed by atoms with Gasteiger partial charge in [-0.3, -0.25) is 9.78 Å². The molecule has 1 amide bonds. The van der Waals surface area contributed by atoms with Gasteiger partial charge in [0.25, 0.3) is 5.91 Å². The van der Waals surface area contributed by atoms with E-state index >= 15 is 0 Å². The molecule has 0 aliphatic carbocycles. The van der Waals surface area contributed by atoms with Crippen molar-refractivity contribution in [3.63, 3.8) is 0 Å². The number of rotatable bonds is 11. The molecular weight excluding hydrogens is 663 g/mol. The molecule has 51 heavy (non-hydrogen) atoms. The zero-order valence-electron chi connectivity index (χ0n) is 27.5. The summed E-state index contributed by atoms with van der Waals surface area (Å²) in [5.41, 5.74) is 7.42. The Morgan fingerprint density at radius 3 is 2.33 bits per heavy atom. The number of aromatic carboxylic acids is 1. The molecule has 2 heterocycles. The molecule has 6 aromatic rings. The van der Waals surface area contributed by atoms with Crippen LogP contribution in [0.5, 0.6) is 0 Å². The Bertz CT molecular complexity index is 2180. The second-order valence-electron chi connectivity index (χ2n) is 12.2. The van der Waals surface area contributed by atoms with Gasteiger partial charge in [0, 0.05) is 29.2 Å². The van der Waals surface area contributed by atoms with Gasteiger partial charge in [-0.25, -0.2) is 9.78 Å². The van der Waals surface area contributed by atoms with E-state index in [1.807, 2.05) is 109 Å². The molecule has 10 heteroatoms. The third kappa shape index (κ3) is 8.16. The lowest BCUT2D eigenvalue weighted by Crippen LogP contribution is -2.31. The third-order valence-electron chi connectivity index (χ3n) is 8.71. The first-order valence-electron chi connectivity index (χ1n) is 16.6. The molecule has 5 aromatic carbocycles. The lowest BCUT2D eigenvalue weighted by molar-refractivity contribution is -0.245. The number of benzene rings is 5. The van der Waals surface area contributed by atoms with Gasteiger partial charge < -0.3 is 25.0 Å². The maximum atomic E-state index is 12.9. The van der Waals surface area contributed by atoms with Crippen LogP contribution in [0.15, 0.2) is 132 Å². The van der Waals surface area contributed by atoms with E-state index in [4.69, 9.17) is 9.47 Å². The molecule has 1 aliphatic heterocycles.